The number of nitrogens with zero attached hydrogens (tertiary/aromatic N) is 1. The van der Waals surface area contributed by atoms with Crippen molar-refractivity contribution >= 4 is 34.8 Å². The number of pyridine rings is 1. The lowest BCUT2D eigenvalue weighted by Gasteiger charge is -2.09. The Morgan fingerprint density at radius 2 is 1.86 bits per heavy atom. The highest BCUT2D eigenvalue weighted by molar-refractivity contribution is 6.43. The third-order valence-corrected chi connectivity index (χ3v) is 4.18. The molecule has 0 spiro atoms. The molecule has 0 amide bonds. The minimum absolute atomic E-state index is 0.391. The molecule has 1 N–H and O–H groups in total. The number of halogens is 3. The maximum atomic E-state index is 6.09. The summed E-state index contributed by atoms with van der Waals surface area (Å²) in [6.45, 7) is 0.804. The highest BCUT2D eigenvalue weighted by atomic mass is 35.5. The molecule has 0 saturated heterocycles. The first kappa shape index (κ1) is 14.9. The van der Waals surface area contributed by atoms with Gasteiger partial charge < -0.3 is 10.1 Å². The summed E-state index contributed by atoms with van der Waals surface area (Å²) in [6.07, 6.45) is 4.23. The molecule has 1 fully saturated rings. The van der Waals surface area contributed by atoms with Crippen molar-refractivity contribution in [2.24, 2.45) is 0 Å². The van der Waals surface area contributed by atoms with Crippen molar-refractivity contribution in [3.8, 4) is 11.6 Å². The predicted molar refractivity (Wildman–Crippen MR) is 85.6 cm³/mol. The van der Waals surface area contributed by atoms with Crippen LogP contribution < -0.4 is 10.1 Å². The molecule has 1 aliphatic rings. The van der Waals surface area contributed by atoms with E-state index in [9.17, 15) is 0 Å². The van der Waals surface area contributed by atoms with Crippen molar-refractivity contribution in [3.05, 3.63) is 51.1 Å². The minimum Gasteiger partial charge on any atom is -0.437 e. The summed E-state index contributed by atoms with van der Waals surface area (Å²) in [7, 11) is 0. The molecule has 0 radical (unpaired) electrons. The van der Waals surface area contributed by atoms with Crippen LogP contribution in [-0.2, 0) is 6.54 Å². The Hall–Kier alpha value is -1.00. The van der Waals surface area contributed by atoms with Crippen LogP contribution in [0.4, 0.5) is 0 Å². The van der Waals surface area contributed by atoms with Crippen LogP contribution in [0.2, 0.25) is 15.1 Å². The molecule has 0 aliphatic heterocycles. The molecule has 2 aromatic rings. The zero-order valence-corrected chi connectivity index (χ0v) is 13.3. The van der Waals surface area contributed by atoms with E-state index in [1.807, 2.05) is 12.1 Å². The molecular weight excluding hydrogens is 331 g/mol. The van der Waals surface area contributed by atoms with Gasteiger partial charge in [-0.15, -0.1) is 0 Å². The van der Waals surface area contributed by atoms with Gasteiger partial charge in [-0.3, -0.25) is 0 Å². The quantitative estimate of drug-likeness (QED) is 0.768. The number of ether oxygens (including phenoxy) is 1. The summed E-state index contributed by atoms with van der Waals surface area (Å²) in [6, 6.07) is 7.64. The molecule has 3 nitrogen and oxygen atoms in total. The summed E-state index contributed by atoms with van der Waals surface area (Å²) in [5.74, 6) is 0.913. The van der Waals surface area contributed by atoms with Crippen molar-refractivity contribution in [2.75, 3.05) is 0 Å². The van der Waals surface area contributed by atoms with E-state index >= 15 is 0 Å². The average Bonchev–Trinajstić information content (AvgIpc) is 3.27. The number of aromatic nitrogens is 1. The Morgan fingerprint density at radius 1 is 1.10 bits per heavy atom. The lowest BCUT2D eigenvalue weighted by molar-refractivity contribution is 0.462. The van der Waals surface area contributed by atoms with E-state index in [1.54, 1.807) is 18.3 Å². The van der Waals surface area contributed by atoms with Crippen LogP contribution in [0.1, 0.15) is 18.4 Å². The predicted octanol–water partition coefficient (Wildman–Crippen LogP) is 5.09. The summed E-state index contributed by atoms with van der Waals surface area (Å²) >= 11 is 18.0. The SMILES string of the molecule is Clc1cc(Cl)c(Oc2cc(CNC3CC3)ccn2)cc1Cl. The normalized spacial score (nSPS) is 14.2. The van der Waals surface area contributed by atoms with Crippen molar-refractivity contribution in [1.29, 1.82) is 0 Å². The van der Waals surface area contributed by atoms with E-state index in [1.165, 1.54) is 12.8 Å². The van der Waals surface area contributed by atoms with E-state index in [2.05, 4.69) is 10.3 Å². The lowest BCUT2D eigenvalue weighted by atomic mass is 10.2. The Labute approximate surface area is 138 Å². The van der Waals surface area contributed by atoms with Gasteiger partial charge in [-0.1, -0.05) is 34.8 Å². The fraction of sp³-hybridized carbons (Fsp3) is 0.267. The molecule has 1 heterocycles. The first-order valence-electron chi connectivity index (χ1n) is 6.62. The standard InChI is InChI=1S/C15H13Cl3N2O/c16-11-6-13(18)14(7-12(11)17)21-15-5-9(3-4-19-15)8-20-10-1-2-10/h3-7,10,20H,1-2,8H2. The molecule has 6 heteroatoms. The molecule has 21 heavy (non-hydrogen) atoms. The second-order valence-electron chi connectivity index (χ2n) is 4.96. The molecule has 1 aliphatic carbocycles. The molecule has 3 rings (SSSR count). The van der Waals surface area contributed by atoms with Gasteiger partial charge in [0.1, 0.15) is 5.75 Å². The zero-order chi connectivity index (χ0) is 14.8. The van der Waals surface area contributed by atoms with Crippen LogP contribution in [0.3, 0.4) is 0 Å². The summed E-state index contributed by atoms with van der Waals surface area (Å²) in [5, 5.41) is 4.62. The average molecular weight is 344 g/mol. The molecule has 1 saturated carbocycles. The van der Waals surface area contributed by atoms with Crippen molar-refractivity contribution in [3.63, 3.8) is 0 Å². The van der Waals surface area contributed by atoms with Crippen molar-refractivity contribution in [2.45, 2.75) is 25.4 Å². The van der Waals surface area contributed by atoms with E-state index < -0.39 is 0 Å². The largest absolute Gasteiger partial charge is 0.437 e. The van der Waals surface area contributed by atoms with Crippen LogP contribution in [0.15, 0.2) is 30.5 Å². The van der Waals surface area contributed by atoms with Gasteiger partial charge in [0.2, 0.25) is 5.88 Å². The van der Waals surface area contributed by atoms with E-state index in [0.29, 0.717) is 32.7 Å². The molecular formula is C15H13Cl3N2O. The number of hydrogen-bond donors (Lipinski definition) is 1. The number of rotatable bonds is 5. The Balaban J connectivity index is 1.74. The van der Waals surface area contributed by atoms with Gasteiger partial charge in [0, 0.05) is 30.9 Å². The maximum Gasteiger partial charge on any atom is 0.219 e. The summed E-state index contributed by atoms with van der Waals surface area (Å²) in [4.78, 5) is 4.19. The van der Waals surface area contributed by atoms with Crippen LogP contribution in [0.5, 0.6) is 11.6 Å². The van der Waals surface area contributed by atoms with E-state index in [-0.39, 0.29) is 0 Å². The van der Waals surface area contributed by atoms with Crippen molar-refractivity contribution < 1.29 is 4.74 Å². The fourth-order valence-electron chi connectivity index (χ4n) is 1.86. The van der Waals surface area contributed by atoms with E-state index in [4.69, 9.17) is 39.5 Å². The second-order valence-corrected chi connectivity index (χ2v) is 6.18. The first-order chi connectivity index (χ1) is 10.1. The Kier molecular flexibility index (Phi) is 4.55. The number of hydrogen-bond acceptors (Lipinski definition) is 3. The molecule has 110 valence electrons. The van der Waals surface area contributed by atoms with Gasteiger partial charge in [-0.05, 0) is 30.5 Å². The van der Waals surface area contributed by atoms with Gasteiger partial charge in [0.15, 0.2) is 0 Å². The lowest BCUT2D eigenvalue weighted by Crippen LogP contribution is -2.15. The smallest absolute Gasteiger partial charge is 0.219 e. The maximum absolute atomic E-state index is 6.09. The minimum atomic E-state index is 0.391. The third kappa shape index (κ3) is 4.01. The fourth-order valence-corrected chi connectivity index (χ4v) is 2.44. The number of benzene rings is 1. The topological polar surface area (TPSA) is 34.1 Å². The highest BCUT2D eigenvalue weighted by Gasteiger charge is 2.20. The monoisotopic (exact) mass is 342 g/mol. The number of nitrogens with one attached hydrogen (secondary N) is 1. The Morgan fingerprint density at radius 3 is 2.62 bits per heavy atom. The van der Waals surface area contributed by atoms with Crippen LogP contribution >= 0.6 is 34.8 Å². The first-order valence-corrected chi connectivity index (χ1v) is 7.76. The third-order valence-electron chi connectivity index (χ3n) is 3.16. The van der Waals surface area contributed by atoms with Crippen LogP contribution in [-0.4, -0.2) is 11.0 Å². The van der Waals surface area contributed by atoms with Crippen LogP contribution in [0.25, 0.3) is 0 Å². The van der Waals surface area contributed by atoms with Gasteiger partial charge in [-0.2, -0.15) is 0 Å². The van der Waals surface area contributed by atoms with Crippen LogP contribution in [0, 0.1) is 0 Å². The molecule has 0 atom stereocenters. The summed E-state index contributed by atoms with van der Waals surface area (Å²) < 4.78 is 5.69. The van der Waals surface area contributed by atoms with Gasteiger partial charge in [0.05, 0.1) is 15.1 Å². The van der Waals surface area contributed by atoms with Crippen molar-refractivity contribution in [1.82, 2.24) is 10.3 Å². The molecule has 0 bridgehead atoms. The van der Waals surface area contributed by atoms with Gasteiger partial charge in [-0.25, -0.2) is 4.98 Å². The Bertz CT molecular complexity index is 659. The second kappa shape index (κ2) is 6.41. The molecule has 0 unspecified atom stereocenters. The molecule has 1 aromatic carbocycles. The van der Waals surface area contributed by atoms with Gasteiger partial charge >= 0.3 is 0 Å². The summed E-state index contributed by atoms with van der Waals surface area (Å²) in [5.41, 5.74) is 1.11. The molecule has 1 aromatic heterocycles. The van der Waals surface area contributed by atoms with E-state index in [0.717, 1.165) is 12.1 Å². The van der Waals surface area contributed by atoms with Gasteiger partial charge in [0.25, 0.3) is 0 Å². The zero-order valence-electron chi connectivity index (χ0n) is 11.1. The highest BCUT2D eigenvalue weighted by Crippen LogP contribution is 2.36.